The maximum Gasteiger partial charge on any atom is 0.338 e. The van der Waals surface area contributed by atoms with Gasteiger partial charge in [0.25, 0.3) is 5.91 Å². The predicted molar refractivity (Wildman–Crippen MR) is 99.8 cm³/mol. The number of likely N-dealkylation sites (N-methyl/N-ethyl adjacent to an activating group) is 1. The van der Waals surface area contributed by atoms with Crippen molar-refractivity contribution in [3.63, 3.8) is 0 Å². The summed E-state index contributed by atoms with van der Waals surface area (Å²) in [6, 6.07) is 12.5. The number of halogens is 1. The number of aldehydes is 1. The lowest BCUT2D eigenvalue weighted by Gasteiger charge is -2.17. The number of para-hydroxylation sites is 1. The molecule has 0 aliphatic heterocycles. The van der Waals surface area contributed by atoms with Gasteiger partial charge in [0, 0.05) is 12.6 Å². The number of nitrogens with zero attached hydrogens (tertiary/aromatic N) is 1. The van der Waals surface area contributed by atoms with Crippen LogP contribution in [0.25, 0.3) is 0 Å². The van der Waals surface area contributed by atoms with Crippen LogP contribution in [0.3, 0.4) is 0 Å². The molecule has 2 aromatic carbocycles. The lowest BCUT2D eigenvalue weighted by molar-refractivity contribution is -0.136. The number of hydrogen-bond donors (Lipinski definition) is 1. The van der Waals surface area contributed by atoms with Crippen LogP contribution in [0.2, 0.25) is 5.02 Å². The predicted octanol–water partition coefficient (Wildman–Crippen LogP) is 2.41. The van der Waals surface area contributed by atoms with E-state index < -0.39 is 24.4 Å². The van der Waals surface area contributed by atoms with E-state index in [9.17, 15) is 19.2 Å². The van der Waals surface area contributed by atoms with E-state index in [2.05, 4.69) is 5.32 Å². The Balaban J connectivity index is 1.82. The van der Waals surface area contributed by atoms with Gasteiger partial charge in [0.15, 0.2) is 6.61 Å². The number of rotatable bonds is 7. The first kappa shape index (κ1) is 20.1. The molecule has 0 radical (unpaired) electrons. The van der Waals surface area contributed by atoms with Crippen LogP contribution in [0.5, 0.6) is 0 Å². The van der Waals surface area contributed by atoms with Crippen molar-refractivity contribution in [2.24, 2.45) is 0 Å². The first-order chi connectivity index (χ1) is 12.9. The van der Waals surface area contributed by atoms with E-state index in [1.165, 1.54) is 31.3 Å². The zero-order valence-corrected chi connectivity index (χ0v) is 15.2. The van der Waals surface area contributed by atoms with Crippen LogP contribution >= 0.6 is 11.6 Å². The minimum atomic E-state index is -0.699. The van der Waals surface area contributed by atoms with E-state index in [1.807, 2.05) is 0 Å². The fraction of sp³-hybridized carbons (Fsp3) is 0.158. The summed E-state index contributed by atoms with van der Waals surface area (Å²) in [4.78, 5) is 47.7. The maximum absolute atomic E-state index is 12.0. The van der Waals surface area contributed by atoms with Crippen LogP contribution in [0.1, 0.15) is 20.7 Å². The molecule has 0 fully saturated rings. The Labute approximate surface area is 160 Å². The van der Waals surface area contributed by atoms with Gasteiger partial charge in [-0.3, -0.25) is 14.4 Å². The summed E-state index contributed by atoms with van der Waals surface area (Å²) >= 11 is 5.96. The largest absolute Gasteiger partial charge is 0.452 e. The Morgan fingerprint density at radius 3 is 2.41 bits per heavy atom. The van der Waals surface area contributed by atoms with Crippen LogP contribution in [-0.2, 0) is 14.3 Å². The summed E-state index contributed by atoms with van der Waals surface area (Å²) in [6.45, 7) is -0.736. The first-order valence-corrected chi connectivity index (χ1v) is 8.29. The molecule has 0 aliphatic rings. The molecule has 0 bridgehead atoms. The molecular weight excluding hydrogens is 372 g/mol. The summed E-state index contributed by atoms with van der Waals surface area (Å²) in [7, 11) is 1.42. The van der Waals surface area contributed by atoms with Crippen LogP contribution < -0.4 is 5.32 Å². The van der Waals surface area contributed by atoms with E-state index in [1.54, 1.807) is 24.3 Å². The van der Waals surface area contributed by atoms with Crippen LogP contribution in [-0.4, -0.2) is 49.2 Å². The topological polar surface area (TPSA) is 92.8 Å². The number of hydrogen-bond acceptors (Lipinski definition) is 5. The third-order valence-electron chi connectivity index (χ3n) is 3.56. The quantitative estimate of drug-likeness (QED) is 0.580. The standard InChI is InChI=1S/C19H17ClN2O5/c1-22(10-17(24)21-16-5-3-2-4-15(16)20)18(25)12-27-19(26)14-8-6-13(11-23)7-9-14/h2-9,11H,10,12H2,1H3,(H,21,24). The van der Waals surface area contributed by atoms with Gasteiger partial charge in [-0.2, -0.15) is 0 Å². The molecule has 0 aliphatic carbocycles. The van der Waals surface area contributed by atoms with Crippen molar-refractivity contribution >= 4 is 41.4 Å². The number of esters is 1. The van der Waals surface area contributed by atoms with E-state index in [0.29, 0.717) is 22.6 Å². The highest BCUT2D eigenvalue weighted by molar-refractivity contribution is 6.33. The molecule has 140 valence electrons. The Morgan fingerprint density at radius 1 is 1.11 bits per heavy atom. The third-order valence-corrected chi connectivity index (χ3v) is 3.89. The van der Waals surface area contributed by atoms with Gasteiger partial charge in [0.05, 0.1) is 22.8 Å². The fourth-order valence-corrected chi connectivity index (χ4v) is 2.26. The fourth-order valence-electron chi connectivity index (χ4n) is 2.07. The first-order valence-electron chi connectivity index (χ1n) is 7.91. The number of amides is 2. The Hall–Kier alpha value is -3.19. The van der Waals surface area contributed by atoms with E-state index in [0.717, 1.165) is 4.90 Å². The summed E-state index contributed by atoms with van der Waals surface area (Å²) in [6.07, 6.45) is 0.654. The van der Waals surface area contributed by atoms with E-state index >= 15 is 0 Å². The molecule has 0 atom stereocenters. The maximum atomic E-state index is 12.0. The zero-order valence-electron chi connectivity index (χ0n) is 14.5. The van der Waals surface area contributed by atoms with Crippen molar-refractivity contribution in [2.45, 2.75) is 0 Å². The lowest BCUT2D eigenvalue weighted by Crippen LogP contribution is -2.37. The molecule has 2 aromatic rings. The van der Waals surface area contributed by atoms with Crippen molar-refractivity contribution in [1.29, 1.82) is 0 Å². The van der Waals surface area contributed by atoms with Crippen molar-refractivity contribution in [1.82, 2.24) is 4.90 Å². The van der Waals surface area contributed by atoms with Crippen LogP contribution in [0, 0.1) is 0 Å². The Kier molecular flexibility index (Phi) is 7.08. The highest BCUT2D eigenvalue weighted by atomic mass is 35.5. The van der Waals surface area contributed by atoms with Gasteiger partial charge >= 0.3 is 5.97 Å². The molecule has 0 saturated heterocycles. The second-order valence-corrected chi connectivity index (χ2v) is 6.00. The highest BCUT2D eigenvalue weighted by Gasteiger charge is 2.16. The number of carbonyl (C=O) groups is 4. The monoisotopic (exact) mass is 388 g/mol. The summed E-state index contributed by atoms with van der Waals surface area (Å²) < 4.78 is 4.93. The second-order valence-electron chi connectivity index (χ2n) is 5.59. The van der Waals surface area contributed by atoms with Gasteiger partial charge in [-0.15, -0.1) is 0 Å². The Morgan fingerprint density at radius 2 is 1.78 bits per heavy atom. The van der Waals surface area contributed by atoms with Gasteiger partial charge in [0.2, 0.25) is 5.91 Å². The minimum absolute atomic E-state index is 0.215. The molecule has 0 unspecified atom stereocenters. The zero-order chi connectivity index (χ0) is 19.8. The SMILES string of the molecule is CN(CC(=O)Nc1ccccc1Cl)C(=O)COC(=O)c1ccc(C=O)cc1. The molecule has 0 aromatic heterocycles. The van der Waals surface area contributed by atoms with Gasteiger partial charge in [-0.05, 0) is 24.3 Å². The molecule has 2 amide bonds. The molecule has 1 N–H and O–H groups in total. The number of anilines is 1. The third kappa shape index (κ3) is 5.93. The van der Waals surface area contributed by atoms with Crippen molar-refractivity contribution in [3.05, 3.63) is 64.7 Å². The Bertz CT molecular complexity index is 851. The van der Waals surface area contributed by atoms with E-state index in [-0.39, 0.29) is 12.1 Å². The van der Waals surface area contributed by atoms with E-state index in [4.69, 9.17) is 16.3 Å². The van der Waals surface area contributed by atoms with Gasteiger partial charge in [0.1, 0.15) is 6.29 Å². The van der Waals surface area contributed by atoms with Crippen molar-refractivity contribution in [3.8, 4) is 0 Å². The summed E-state index contributed by atoms with van der Waals surface area (Å²) in [5.74, 6) is -1.67. The number of benzene rings is 2. The molecule has 2 rings (SSSR count). The average molecular weight is 389 g/mol. The second kappa shape index (κ2) is 9.49. The van der Waals surface area contributed by atoms with Crippen LogP contribution in [0.4, 0.5) is 5.69 Å². The molecule has 27 heavy (non-hydrogen) atoms. The van der Waals surface area contributed by atoms with Crippen LogP contribution in [0.15, 0.2) is 48.5 Å². The molecule has 0 spiro atoms. The van der Waals surface area contributed by atoms with Gasteiger partial charge in [-0.25, -0.2) is 4.79 Å². The molecule has 0 saturated carbocycles. The number of carbonyl (C=O) groups excluding carboxylic acids is 4. The summed E-state index contributed by atoms with van der Waals surface area (Å²) in [5, 5.41) is 2.98. The average Bonchev–Trinajstić information content (AvgIpc) is 2.67. The number of ether oxygens (including phenoxy) is 1. The smallest absolute Gasteiger partial charge is 0.338 e. The van der Waals surface area contributed by atoms with Crippen molar-refractivity contribution < 1.29 is 23.9 Å². The van der Waals surface area contributed by atoms with Gasteiger partial charge in [-0.1, -0.05) is 35.9 Å². The number of nitrogens with one attached hydrogen (secondary N) is 1. The molecule has 7 nitrogen and oxygen atoms in total. The normalized spacial score (nSPS) is 10.0. The minimum Gasteiger partial charge on any atom is -0.452 e. The van der Waals surface area contributed by atoms with Gasteiger partial charge < -0.3 is 15.0 Å². The molecule has 8 heteroatoms. The van der Waals surface area contributed by atoms with Crippen molar-refractivity contribution in [2.75, 3.05) is 25.5 Å². The molecular formula is C19H17ClN2O5. The summed E-state index contributed by atoms with van der Waals surface area (Å²) in [5.41, 5.74) is 1.08. The highest BCUT2D eigenvalue weighted by Crippen LogP contribution is 2.20. The molecule has 0 heterocycles. The lowest BCUT2D eigenvalue weighted by atomic mass is 10.1.